The first-order valence-electron chi connectivity index (χ1n) is 25.3. The molecule has 0 radical (unpaired) electrons. The largest absolute Gasteiger partial charge is 0.354 e. The van der Waals surface area contributed by atoms with Gasteiger partial charge in [-0.15, -0.1) is 0 Å². The van der Waals surface area contributed by atoms with Crippen molar-refractivity contribution in [2.24, 2.45) is 0 Å². The molecule has 4 nitrogen and oxygen atoms in total. The number of aromatic amines is 4. The summed E-state index contributed by atoms with van der Waals surface area (Å²) in [7, 11) is 0. The summed E-state index contributed by atoms with van der Waals surface area (Å²) in [5.74, 6) is 0. The van der Waals surface area contributed by atoms with E-state index in [9.17, 15) is 0 Å². The number of rotatable bonds is 4. The van der Waals surface area contributed by atoms with Gasteiger partial charge in [-0.05, 0) is 122 Å². The van der Waals surface area contributed by atoms with Crippen LogP contribution in [0.5, 0.6) is 0 Å². The van der Waals surface area contributed by atoms with Crippen molar-refractivity contribution in [3.05, 3.63) is 232 Å². The molecule has 8 bridgehead atoms. The third kappa shape index (κ3) is 10.8. The summed E-state index contributed by atoms with van der Waals surface area (Å²) in [5.41, 5.74) is 23.6. The van der Waals surface area contributed by atoms with Gasteiger partial charge in [0.05, 0.1) is 44.2 Å². The monoisotopic (exact) mass is 905 g/mol. The van der Waals surface area contributed by atoms with Gasteiger partial charge in [0.2, 0.25) is 0 Å². The van der Waals surface area contributed by atoms with Crippen LogP contribution in [0.3, 0.4) is 0 Å². The average Bonchev–Trinajstić information content (AvgIpc) is 4.00. The fourth-order valence-electron chi connectivity index (χ4n) is 8.82. The summed E-state index contributed by atoms with van der Waals surface area (Å²) in [6.45, 7) is 35.1. The van der Waals surface area contributed by atoms with E-state index < -0.39 is 0 Å². The molecule has 9 rings (SSSR count). The summed E-state index contributed by atoms with van der Waals surface area (Å²) in [4.78, 5) is 16.4. The molecular weight excluding hydrogens is 825 g/mol. The van der Waals surface area contributed by atoms with Crippen LogP contribution in [0.2, 0.25) is 0 Å². The van der Waals surface area contributed by atoms with Crippen molar-refractivity contribution in [2.45, 2.75) is 136 Å². The van der Waals surface area contributed by atoms with Gasteiger partial charge in [0.15, 0.2) is 0 Å². The average molecular weight is 905 g/mol. The van der Waals surface area contributed by atoms with Crippen LogP contribution in [-0.4, -0.2) is 19.9 Å². The molecule has 0 saturated heterocycles. The first kappa shape index (κ1) is 52.4. The molecule has 0 fully saturated rings. The standard InChI is InChI=1S/C52H48N4.4C3H8/c1-29-30(2)46-42(38-23-15-10-16-24-38)48-33(5)34(6)50(55-48)44(40-27-19-12-20-28-40)52-36(8)35(7)51(56-52)43(39-25-17-11-18-26-39)49-32(4)31(3)47(54-49)41(45(29)53-46)37-21-13-9-14-22-37;4*1-3-2/h9-28,53-56H,1-8H3;4*3H2,1-2H3. The Bertz CT molecular complexity index is 2710. The zero-order chi connectivity index (χ0) is 49.7. The van der Waals surface area contributed by atoms with Gasteiger partial charge in [0, 0.05) is 22.3 Å². The highest BCUT2D eigenvalue weighted by molar-refractivity contribution is 5.88. The molecule has 0 unspecified atom stereocenters. The first-order valence-corrected chi connectivity index (χ1v) is 25.3. The summed E-state index contributed by atoms with van der Waals surface area (Å²) in [5, 5.41) is 4.48. The summed E-state index contributed by atoms with van der Waals surface area (Å²) >= 11 is 0. The van der Waals surface area contributed by atoms with E-state index in [2.05, 4.69) is 252 Å². The van der Waals surface area contributed by atoms with E-state index in [1.807, 2.05) is 0 Å². The van der Waals surface area contributed by atoms with Crippen LogP contribution in [0.1, 0.15) is 171 Å². The molecule has 0 atom stereocenters. The Morgan fingerprint density at radius 3 is 0.559 bits per heavy atom. The van der Waals surface area contributed by atoms with Crippen molar-refractivity contribution < 1.29 is 0 Å². The molecule has 4 N–H and O–H groups in total. The van der Waals surface area contributed by atoms with Gasteiger partial charge in [-0.25, -0.2) is 0 Å². The fraction of sp³-hybridized carbons (Fsp3) is 0.312. The maximum absolute atomic E-state index is 4.09. The van der Waals surface area contributed by atoms with Crippen LogP contribution in [0.15, 0.2) is 121 Å². The number of hydrogen-bond donors (Lipinski definition) is 4. The Balaban J connectivity index is 0.000000655. The smallest absolute Gasteiger partial charge is 0.0518 e. The minimum Gasteiger partial charge on any atom is -0.354 e. The summed E-state index contributed by atoms with van der Waals surface area (Å²) < 4.78 is 0. The van der Waals surface area contributed by atoms with E-state index in [1.165, 1.54) is 70.2 Å². The van der Waals surface area contributed by atoms with Gasteiger partial charge in [-0.1, -0.05) is 202 Å². The summed E-state index contributed by atoms with van der Waals surface area (Å²) in [6.07, 6.45) is 5.00. The van der Waals surface area contributed by atoms with Crippen LogP contribution in [0.4, 0.5) is 0 Å². The Morgan fingerprint density at radius 2 is 0.397 bits per heavy atom. The van der Waals surface area contributed by atoms with Crippen molar-refractivity contribution in [1.29, 1.82) is 0 Å². The van der Waals surface area contributed by atoms with Crippen molar-refractivity contribution in [2.75, 3.05) is 0 Å². The molecule has 1 aliphatic heterocycles. The third-order valence-electron chi connectivity index (χ3n) is 12.5. The predicted octanol–water partition coefficient (Wildman–Crippen LogP) is 14.4. The topological polar surface area (TPSA) is 63.2 Å². The lowest BCUT2D eigenvalue weighted by atomic mass is 9.95. The first-order chi connectivity index (χ1) is 32.8. The van der Waals surface area contributed by atoms with E-state index in [1.54, 1.807) is 0 Å². The lowest BCUT2D eigenvalue weighted by molar-refractivity contribution is 1.09. The third-order valence-corrected chi connectivity index (χ3v) is 12.5. The van der Waals surface area contributed by atoms with Crippen molar-refractivity contribution >= 4 is 22.3 Å². The SMILES string of the molecule is CCC.CCC.CCC.CCC.Cc1c2[nH]c(c1C)C(c1ccccc1)=c1[nH]c(c(C)c1C)=C(c1ccccc1)c1[nH]c(c(C)c1C)C(c1ccccc1)=c1[nH]c(c(C)c1C)=C2c1ccccc1. The number of nitrogens with one attached hydrogen (secondary N) is 4. The molecule has 4 aromatic heterocycles. The van der Waals surface area contributed by atoms with Gasteiger partial charge in [0.25, 0.3) is 0 Å². The maximum Gasteiger partial charge on any atom is 0.0518 e. The van der Waals surface area contributed by atoms with Crippen LogP contribution < -0.4 is 21.4 Å². The van der Waals surface area contributed by atoms with Crippen molar-refractivity contribution in [3.63, 3.8) is 0 Å². The van der Waals surface area contributed by atoms with E-state index in [0.29, 0.717) is 0 Å². The molecule has 0 saturated carbocycles. The molecule has 4 aromatic carbocycles. The number of H-pyrrole nitrogens is 4. The van der Waals surface area contributed by atoms with Gasteiger partial charge < -0.3 is 19.9 Å². The normalized spacial score (nSPS) is 11.6. The number of aromatic nitrogens is 4. The molecular formula is C64H80N4. The van der Waals surface area contributed by atoms with Gasteiger partial charge >= 0.3 is 0 Å². The Hall–Kier alpha value is -6.52. The number of benzene rings is 4. The van der Waals surface area contributed by atoms with Crippen molar-refractivity contribution in [1.82, 2.24) is 19.9 Å². The second-order valence-electron chi connectivity index (χ2n) is 18.3. The zero-order valence-corrected chi connectivity index (χ0v) is 44.4. The number of fused-ring (bicyclic) bond motifs is 8. The zero-order valence-electron chi connectivity index (χ0n) is 44.4. The van der Waals surface area contributed by atoms with Crippen LogP contribution in [0.25, 0.3) is 22.3 Å². The highest BCUT2D eigenvalue weighted by Gasteiger charge is 2.26. The highest BCUT2D eigenvalue weighted by atomic mass is 14.8. The molecule has 0 amide bonds. The van der Waals surface area contributed by atoms with Crippen LogP contribution in [0, 0.1) is 55.4 Å². The molecule has 5 heterocycles. The molecule has 4 heteroatoms. The molecule has 8 aromatic rings. The Kier molecular flexibility index (Phi) is 18.9. The Labute approximate surface area is 409 Å². The molecule has 0 spiro atoms. The van der Waals surface area contributed by atoms with E-state index in [4.69, 9.17) is 0 Å². The predicted molar refractivity (Wildman–Crippen MR) is 296 cm³/mol. The van der Waals surface area contributed by atoms with Crippen LogP contribution >= 0.6 is 0 Å². The molecule has 356 valence electrons. The van der Waals surface area contributed by atoms with E-state index in [0.717, 1.165) is 88.7 Å². The maximum atomic E-state index is 4.09. The highest BCUT2D eigenvalue weighted by Crippen LogP contribution is 2.35. The Morgan fingerprint density at radius 1 is 0.235 bits per heavy atom. The quantitative estimate of drug-likeness (QED) is 0.136. The lowest BCUT2D eigenvalue weighted by Gasteiger charge is -2.11. The second-order valence-corrected chi connectivity index (χ2v) is 18.3. The van der Waals surface area contributed by atoms with E-state index >= 15 is 0 Å². The minimum atomic E-state index is 1.12. The van der Waals surface area contributed by atoms with Crippen molar-refractivity contribution in [3.8, 4) is 0 Å². The molecule has 0 aliphatic carbocycles. The lowest BCUT2D eigenvalue weighted by Crippen LogP contribution is -2.20. The molecule has 68 heavy (non-hydrogen) atoms. The van der Waals surface area contributed by atoms with Gasteiger partial charge in [-0.2, -0.15) is 0 Å². The summed E-state index contributed by atoms with van der Waals surface area (Å²) in [6, 6.07) is 43.4. The van der Waals surface area contributed by atoms with Gasteiger partial charge in [0.1, 0.15) is 0 Å². The van der Waals surface area contributed by atoms with Gasteiger partial charge in [-0.3, -0.25) is 0 Å². The number of hydrogen-bond acceptors (Lipinski definition) is 0. The second kappa shape index (κ2) is 24.5. The molecule has 1 aliphatic rings. The minimum absolute atomic E-state index is 1.12. The fourth-order valence-corrected chi connectivity index (χ4v) is 8.82. The van der Waals surface area contributed by atoms with Crippen LogP contribution in [-0.2, 0) is 0 Å². The van der Waals surface area contributed by atoms with E-state index in [-0.39, 0.29) is 0 Å².